The zero-order chi connectivity index (χ0) is 21.0. The number of rotatable bonds is 14. The zero-order valence-corrected chi connectivity index (χ0v) is 17.2. The van der Waals surface area contributed by atoms with Crippen LogP contribution in [-0.2, 0) is 4.79 Å². The van der Waals surface area contributed by atoms with Gasteiger partial charge in [0, 0.05) is 18.8 Å². The molecule has 1 saturated carbocycles. The highest BCUT2D eigenvalue weighted by molar-refractivity contribution is 5.66. The van der Waals surface area contributed by atoms with Crippen molar-refractivity contribution >= 4 is 5.97 Å². The molecule has 1 aliphatic carbocycles. The van der Waals surface area contributed by atoms with E-state index < -0.39 is 23.8 Å². The quantitative estimate of drug-likeness (QED) is 0.264. The maximum absolute atomic E-state index is 10.6. The van der Waals surface area contributed by atoms with Gasteiger partial charge in [0.1, 0.15) is 0 Å². The first-order valence-corrected chi connectivity index (χ1v) is 10.6. The van der Waals surface area contributed by atoms with Crippen LogP contribution in [-0.4, -0.2) is 44.2 Å². The minimum atomic E-state index is -0.923. The summed E-state index contributed by atoms with van der Waals surface area (Å²) in [6, 6.07) is 0. The van der Waals surface area contributed by atoms with Gasteiger partial charge in [0.25, 0.3) is 0 Å². The van der Waals surface area contributed by atoms with Crippen molar-refractivity contribution in [3.05, 3.63) is 37.0 Å². The molecule has 5 heteroatoms. The Morgan fingerprint density at radius 2 is 1.89 bits per heavy atom. The van der Waals surface area contributed by atoms with E-state index in [1.807, 2.05) is 24.3 Å². The number of carboxylic acids is 1. The molecule has 0 aliphatic heterocycles. The Bertz CT molecular complexity index is 527. The molecule has 4 N–H and O–H groups in total. The van der Waals surface area contributed by atoms with Gasteiger partial charge < -0.3 is 20.4 Å². The van der Waals surface area contributed by atoms with E-state index in [2.05, 4.69) is 13.5 Å². The third-order valence-corrected chi connectivity index (χ3v) is 5.68. The van der Waals surface area contributed by atoms with E-state index in [0.717, 1.165) is 19.3 Å². The maximum Gasteiger partial charge on any atom is 0.303 e. The molecule has 0 bridgehead atoms. The van der Waals surface area contributed by atoms with Crippen LogP contribution in [0.3, 0.4) is 0 Å². The van der Waals surface area contributed by atoms with Crippen molar-refractivity contribution in [1.29, 1.82) is 0 Å². The third kappa shape index (κ3) is 8.72. The lowest BCUT2D eigenvalue weighted by Gasteiger charge is -2.24. The van der Waals surface area contributed by atoms with Gasteiger partial charge in [-0.3, -0.25) is 4.79 Å². The molecule has 5 atom stereocenters. The van der Waals surface area contributed by atoms with Crippen molar-refractivity contribution in [3.8, 4) is 0 Å². The van der Waals surface area contributed by atoms with E-state index in [1.165, 1.54) is 0 Å². The SMILES string of the molecule is C=CC(O)(CC=C[C@@H]1[C@@H](CC=CCCCC(=O)O)[C@@H](O)C[C@H]1O)CCCCC. The summed E-state index contributed by atoms with van der Waals surface area (Å²) in [5.74, 6) is -1.01. The summed E-state index contributed by atoms with van der Waals surface area (Å²) in [4.78, 5) is 10.5. The second-order valence-electron chi connectivity index (χ2n) is 8.00. The van der Waals surface area contributed by atoms with E-state index in [1.54, 1.807) is 6.08 Å². The molecule has 5 nitrogen and oxygen atoms in total. The zero-order valence-electron chi connectivity index (χ0n) is 17.2. The van der Waals surface area contributed by atoms with Crippen LogP contribution >= 0.6 is 0 Å². The van der Waals surface area contributed by atoms with Crippen molar-refractivity contribution in [2.45, 2.75) is 88.9 Å². The largest absolute Gasteiger partial charge is 0.481 e. The smallest absolute Gasteiger partial charge is 0.303 e. The van der Waals surface area contributed by atoms with Gasteiger partial charge >= 0.3 is 5.97 Å². The number of aliphatic hydroxyl groups is 3. The second-order valence-corrected chi connectivity index (χ2v) is 8.00. The molecule has 0 aromatic carbocycles. The number of unbranched alkanes of at least 4 members (excludes halogenated alkanes) is 3. The molecule has 0 heterocycles. The molecule has 0 aromatic heterocycles. The Labute approximate surface area is 169 Å². The molecule has 0 aromatic rings. The lowest BCUT2D eigenvalue weighted by atomic mass is 9.88. The second kappa shape index (κ2) is 12.9. The first kappa shape index (κ1) is 24.6. The van der Waals surface area contributed by atoms with Crippen LogP contribution in [0.2, 0.25) is 0 Å². The lowest BCUT2D eigenvalue weighted by Crippen LogP contribution is -2.25. The van der Waals surface area contributed by atoms with Crippen LogP contribution in [0.4, 0.5) is 0 Å². The predicted molar refractivity (Wildman–Crippen MR) is 112 cm³/mol. The van der Waals surface area contributed by atoms with Crippen molar-refractivity contribution in [3.63, 3.8) is 0 Å². The number of hydrogen-bond donors (Lipinski definition) is 4. The first-order valence-electron chi connectivity index (χ1n) is 10.6. The van der Waals surface area contributed by atoms with E-state index in [0.29, 0.717) is 38.5 Å². The van der Waals surface area contributed by atoms with Gasteiger partial charge in [0.15, 0.2) is 0 Å². The fraction of sp³-hybridized carbons (Fsp3) is 0.696. The summed E-state index contributed by atoms with van der Waals surface area (Å²) in [7, 11) is 0. The summed E-state index contributed by atoms with van der Waals surface area (Å²) in [6.07, 6.45) is 14.9. The molecule has 1 aliphatic rings. The Morgan fingerprint density at radius 3 is 2.54 bits per heavy atom. The molecule has 160 valence electrons. The molecule has 28 heavy (non-hydrogen) atoms. The van der Waals surface area contributed by atoms with Gasteiger partial charge in [-0.15, -0.1) is 6.58 Å². The van der Waals surface area contributed by atoms with E-state index in [4.69, 9.17) is 5.11 Å². The molecule has 1 fully saturated rings. The number of allylic oxidation sites excluding steroid dienone is 2. The molecular formula is C23H38O5. The van der Waals surface area contributed by atoms with Crippen molar-refractivity contribution in [1.82, 2.24) is 0 Å². The van der Waals surface area contributed by atoms with E-state index >= 15 is 0 Å². The monoisotopic (exact) mass is 394 g/mol. The average Bonchev–Trinajstić information content (AvgIpc) is 2.91. The van der Waals surface area contributed by atoms with Crippen LogP contribution in [0.15, 0.2) is 37.0 Å². The van der Waals surface area contributed by atoms with Crippen LogP contribution in [0, 0.1) is 11.8 Å². The minimum Gasteiger partial charge on any atom is -0.481 e. The summed E-state index contributed by atoms with van der Waals surface area (Å²) >= 11 is 0. The highest BCUT2D eigenvalue weighted by atomic mass is 16.4. The summed E-state index contributed by atoms with van der Waals surface area (Å²) in [6.45, 7) is 5.89. The normalized spacial score (nSPS) is 27.4. The fourth-order valence-electron chi connectivity index (χ4n) is 3.85. The van der Waals surface area contributed by atoms with Crippen LogP contribution < -0.4 is 0 Å². The topological polar surface area (TPSA) is 98.0 Å². The summed E-state index contributed by atoms with van der Waals surface area (Å²) in [5, 5.41) is 39.9. The van der Waals surface area contributed by atoms with Gasteiger partial charge in [-0.2, -0.15) is 0 Å². The third-order valence-electron chi connectivity index (χ3n) is 5.68. The Hall–Kier alpha value is -1.43. The molecule has 1 unspecified atom stereocenters. The van der Waals surface area contributed by atoms with Gasteiger partial charge in [-0.1, -0.05) is 56.6 Å². The number of carboxylic acid groups (broad SMARTS) is 1. The van der Waals surface area contributed by atoms with E-state index in [-0.39, 0.29) is 18.3 Å². The molecule has 0 radical (unpaired) electrons. The number of aliphatic carboxylic acids is 1. The van der Waals surface area contributed by atoms with Gasteiger partial charge in [0.05, 0.1) is 17.8 Å². The number of carbonyl (C=O) groups is 1. The standard InChI is InChI=1S/C23H38O5/c1-3-5-10-15-23(28,4-2)16-11-13-19-18(20(24)17-21(19)25)12-8-6-7-9-14-22(26)27/h4,6,8,11,13,18-21,24-25,28H,2-3,5,7,9-10,12,14-17H2,1H3,(H,26,27)/t18-,19-,20+,21-,23?/m1/s1. The van der Waals surface area contributed by atoms with Crippen molar-refractivity contribution in [2.24, 2.45) is 11.8 Å². The minimum absolute atomic E-state index is 0.0705. The van der Waals surface area contributed by atoms with Gasteiger partial charge in [0.2, 0.25) is 0 Å². The summed E-state index contributed by atoms with van der Waals surface area (Å²) in [5.41, 5.74) is -0.923. The van der Waals surface area contributed by atoms with Crippen LogP contribution in [0.25, 0.3) is 0 Å². The van der Waals surface area contributed by atoms with Crippen LogP contribution in [0.5, 0.6) is 0 Å². The first-order chi connectivity index (χ1) is 13.3. The number of hydrogen-bond acceptors (Lipinski definition) is 4. The van der Waals surface area contributed by atoms with Gasteiger partial charge in [-0.25, -0.2) is 0 Å². The lowest BCUT2D eigenvalue weighted by molar-refractivity contribution is -0.137. The van der Waals surface area contributed by atoms with Crippen molar-refractivity contribution < 1.29 is 25.2 Å². The van der Waals surface area contributed by atoms with E-state index in [9.17, 15) is 20.1 Å². The Balaban J connectivity index is 2.57. The fourth-order valence-corrected chi connectivity index (χ4v) is 3.85. The molecular weight excluding hydrogens is 356 g/mol. The highest BCUT2D eigenvalue weighted by Gasteiger charge is 2.39. The molecule has 0 amide bonds. The van der Waals surface area contributed by atoms with Gasteiger partial charge in [-0.05, 0) is 38.0 Å². The van der Waals surface area contributed by atoms with Crippen molar-refractivity contribution in [2.75, 3.05) is 0 Å². The number of aliphatic hydroxyl groups excluding tert-OH is 2. The summed E-state index contributed by atoms with van der Waals surface area (Å²) < 4.78 is 0. The highest BCUT2D eigenvalue weighted by Crippen LogP contribution is 2.36. The molecule has 0 spiro atoms. The maximum atomic E-state index is 10.6. The Morgan fingerprint density at radius 1 is 1.14 bits per heavy atom. The molecule has 0 saturated heterocycles. The van der Waals surface area contributed by atoms with Crippen LogP contribution in [0.1, 0.15) is 71.1 Å². The molecule has 1 rings (SSSR count). The predicted octanol–water partition coefficient (Wildman–Crippen LogP) is 3.99. The Kier molecular flexibility index (Phi) is 11.4. The average molecular weight is 395 g/mol.